The highest BCUT2D eigenvalue weighted by atomic mass is 16.4. The molecule has 1 aliphatic carbocycles. The lowest BCUT2D eigenvalue weighted by molar-refractivity contribution is -0.137. The highest BCUT2D eigenvalue weighted by Crippen LogP contribution is 2.32. The van der Waals surface area contributed by atoms with E-state index in [1.807, 2.05) is 0 Å². The van der Waals surface area contributed by atoms with Gasteiger partial charge in [-0.2, -0.15) is 0 Å². The first kappa shape index (κ1) is 20.0. The normalized spacial score (nSPS) is 21.3. The average molecular weight is 325 g/mol. The van der Waals surface area contributed by atoms with Crippen molar-refractivity contribution in [2.24, 2.45) is 17.8 Å². The second kappa shape index (κ2) is 11.5. The number of carboxylic acids is 1. The molecule has 1 fully saturated rings. The summed E-state index contributed by atoms with van der Waals surface area (Å²) in [7, 11) is 0. The quantitative estimate of drug-likeness (QED) is 0.554. The third-order valence-electron chi connectivity index (χ3n) is 4.98. The summed E-state index contributed by atoms with van der Waals surface area (Å²) in [6, 6.07) is 0. The standard InChI is InChI=1S/C19H35NO3/c1-15(2)7-6-8-16-10-12-17(13-11-16)19(23)20-14-5-3-4-9-18(21)22/h15-17H,3-14H2,1-2H3,(H,20,23)(H,21,22). The topological polar surface area (TPSA) is 66.4 Å². The third-order valence-corrected chi connectivity index (χ3v) is 4.98. The minimum atomic E-state index is -0.737. The van der Waals surface area contributed by atoms with Crippen LogP contribution in [0.2, 0.25) is 0 Å². The number of carboxylic acid groups (broad SMARTS) is 1. The molecule has 0 atom stereocenters. The summed E-state index contributed by atoms with van der Waals surface area (Å²) < 4.78 is 0. The van der Waals surface area contributed by atoms with Gasteiger partial charge < -0.3 is 10.4 Å². The maximum absolute atomic E-state index is 12.1. The van der Waals surface area contributed by atoms with Gasteiger partial charge in [-0.1, -0.05) is 39.5 Å². The van der Waals surface area contributed by atoms with Gasteiger partial charge in [-0.15, -0.1) is 0 Å². The summed E-state index contributed by atoms with van der Waals surface area (Å²) in [6.07, 6.45) is 11.1. The number of nitrogens with one attached hydrogen (secondary N) is 1. The molecule has 0 heterocycles. The van der Waals surface area contributed by atoms with Crippen molar-refractivity contribution >= 4 is 11.9 Å². The largest absolute Gasteiger partial charge is 0.481 e. The molecule has 0 spiro atoms. The third kappa shape index (κ3) is 9.62. The Morgan fingerprint density at radius 2 is 1.74 bits per heavy atom. The first-order valence-electron chi connectivity index (χ1n) is 9.48. The summed E-state index contributed by atoms with van der Waals surface area (Å²) >= 11 is 0. The van der Waals surface area contributed by atoms with Crippen LogP contribution >= 0.6 is 0 Å². The fourth-order valence-electron chi connectivity index (χ4n) is 3.46. The molecule has 4 heteroatoms. The molecule has 0 saturated heterocycles. The number of hydrogen-bond donors (Lipinski definition) is 2. The number of amides is 1. The molecule has 1 amide bonds. The molecule has 4 nitrogen and oxygen atoms in total. The molecule has 23 heavy (non-hydrogen) atoms. The monoisotopic (exact) mass is 325 g/mol. The van der Waals surface area contributed by atoms with Crippen LogP contribution in [0.4, 0.5) is 0 Å². The molecule has 1 saturated carbocycles. The van der Waals surface area contributed by atoms with Crippen LogP contribution in [0.1, 0.15) is 84.5 Å². The molecular formula is C19H35NO3. The van der Waals surface area contributed by atoms with E-state index < -0.39 is 5.97 Å². The van der Waals surface area contributed by atoms with Gasteiger partial charge in [0.15, 0.2) is 0 Å². The van der Waals surface area contributed by atoms with Crippen molar-refractivity contribution in [3.63, 3.8) is 0 Å². The number of unbranched alkanes of at least 4 members (excludes halogenated alkanes) is 2. The zero-order chi connectivity index (χ0) is 17.1. The molecule has 0 aromatic rings. The van der Waals surface area contributed by atoms with Crippen molar-refractivity contribution < 1.29 is 14.7 Å². The number of carbonyl (C=O) groups is 2. The van der Waals surface area contributed by atoms with E-state index >= 15 is 0 Å². The Bertz CT molecular complexity index is 347. The summed E-state index contributed by atoms with van der Waals surface area (Å²) in [5, 5.41) is 11.6. The Morgan fingerprint density at radius 1 is 1.04 bits per heavy atom. The Hall–Kier alpha value is -1.06. The van der Waals surface area contributed by atoms with Gasteiger partial charge in [0, 0.05) is 18.9 Å². The maximum Gasteiger partial charge on any atom is 0.303 e. The molecule has 0 radical (unpaired) electrons. The molecule has 2 N–H and O–H groups in total. The van der Waals surface area contributed by atoms with E-state index in [0.717, 1.165) is 37.5 Å². The van der Waals surface area contributed by atoms with Gasteiger partial charge in [0.25, 0.3) is 0 Å². The number of hydrogen-bond acceptors (Lipinski definition) is 2. The van der Waals surface area contributed by atoms with E-state index in [2.05, 4.69) is 19.2 Å². The van der Waals surface area contributed by atoms with Crippen molar-refractivity contribution in [2.75, 3.05) is 6.54 Å². The molecule has 134 valence electrons. The van der Waals surface area contributed by atoms with Crippen molar-refractivity contribution in [1.29, 1.82) is 0 Å². The van der Waals surface area contributed by atoms with Crippen LogP contribution in [0.25, 0.3) is 0 Å². The van der Waals surface area contributed by atoms with Gasteiger partial charge in [0.2, 0.25) is 5.91 Å². The lowest BCUT2D eigenvalue weighted by Gasteiger charge is -2.28. The minimum Gasteiger partial charge on any atom is -0.481 e. The van der Waals surface area contributed by atoms with Gasteiger partial charge in [0.1, 0.15) is 0 Å². The van der Waals surface area contributed by atoms with Crippen molar-refractivity contribution in [3.8, 4) is 0 Å². The van der Waals surface area contributed by atoms with E-state index in [-0.39, 0.29) is 18.2 Å². The molecule has 1 aliphatic rings. The number of rotatable bonds is 11. The smallest absolute Gasteiger partial charge is 0.303 e. The minimum absolute atomic E-state index is 0.204. The van der Waals surface area contributed by atoms with Crippen molar-refractivity contribution in [2.45, 2.75) is 84.5 Å². The van der Waals surface area contributed by atoms with Gasteiger partial charge in [-0.25, -0.2) is 0 Å². The summed E-state index contributed by atoms with van der Waals surface area (Å²) in [5.74, 6) is 1.31. The predicted molar refractivity (Wildman–Crippen MR) is 93.3 cm³/mol. The van der Waals surface area contributed by atoms with Crippen LogP contribution in [0, 0.1) is 17.8 Å². The maximum atomic E-state index is 12.1. The van der Waals surface area contributed by atoms with Crippen molar-refractivity contribution in [3.05, 3.63) is 0 Å². The molecule has 0 aromatic carbocycles. The van der Waals surface area contributed by atoms with Gasteiger partial charge in [-0.05, 0) is 50.4 Å². The van der Waals surface area contributed by atoms with E-state index in [4.69, 9.17) is 5.11 Å². The fraction of sp³-hybridized carbons (Fsp3) is 0.895. The molecule has 0 aliphatic heterocycles. The van der Waals surface area contributed by atoms with E-state index in [1.165, 1.54) is 32.1 Å². The number of aliphatic carboxylic acids is 1. The van der Waals surface area contributed by atoms with Crippen LogP contribution < -0.4 is 5.32 Å². The average Bonchev–Trinajstić information content (AvgIpc) is 2.50. The predicted octanol–water partition coefficient (Wildman–Crippen LogP) is 4.38. The first-order valence-corrected chi connectivity index (χ1v) is 9.48. The van der Waals surface area contributed by atoms with Crippen molar-refractivity contribution in [1.82, 2.24) is 5.32 Å². The lowest BCUT2D eigenvalue weighted by atomic mass is 9.79. The SMILES string of the molecule is CC(C)CCCC1CCC(C(=O)NCCCCCC(=O)O)CC1. The second-order valence-corrected chi connectivity index (χ2v) is 7.54. The Kier molecular flexibility index (Phi) is 9.97. The highest BCUT2D eigenvalue weighted by molar-refractivity contribution is 5.78. The van der Waals surface area contributed by atoms with Crippen LogP contribution in [-0.4, -0.2) is 23.5 Å². The molecule has 1 rings (SSSR count). The van der Waals surface area contributed by atoms with Gasteiger partial charge >= 0.3 is 5.97 Å². The summed E-state index contributed by atoms with van der Waals surface area (Å²) in [4.78, 5) is 22.5. The van der Waals surface area contributed by atoms with E-state index in [0.29, 0.717) is 13.0 Å². The molecule has 0 unspecified atom stereocenters. The van der Waals surface area contributed by atoms with Gasteiger partial charge in [-0.3, -0.25) is 9.59 Å². The second-order valence-electron chi connectivity index (χ2n) is 7.54. The Balaban J connectivity index is 2.04. The molecule has 0 bridgehead atoms. The van der Waals surface area contributed by atoms with Crippen LogP contribution in [0.3, 0.4) is 0 Å². The van der Waals surface area contributed by atoms with Crippen LogP contribution in [0.15, 0.2) is 0 Å². The lowest BCUT2D eigenvalue weighted by Crippen LogP contribution is -2.33. The summed E-state index contributed by atoms with van der Waals surface area (Å²) in [6.45, 7) is 5.25. The molecule has 0 aromatic heterocycles. The molecular weight excluding hydrogens is 290 g/mol. The zero-order valence-electron chi connectivity index (χ0n) is 15.0. The highest BCUT2D eigenvalue weighted by Gasteiger charge is 2.25. The van der Waals surface area contributed by atoms with Gasteiger partial charge in [0.05, 0.1) is 0 Å². The summed E-state index contributed by atoms with van der Waals surface area (Å²) in [5.41, 5.74) is 0. The Morgan fingerprint density at radius 3 is 2.35 bits per heavy atom. The van der Waals surface area contributed by atoms with Crippen LogP contribution in [-0.2, 0) is 9.59 Å². The first-order chi connectivity index (χ1) is 11.0. The van der Waals surface area contributed by atoms with E-state index in [9.17, 15) is 9.59 Å². The Labute approximate surface area is 141 Å². The fourth-order valence-corrected chi connectivity index (χ4v) is 3.46. The van der Waals surface area contributed by atoms with Crippen LogP contribution in [0.5, 0.6) is 0 Å². The zero-order valence-corrected chi connectivity index (χ0v) is 15.0. The van der Waals surface area contributed by atoms with E-state index in [1.54, 1.807) is 0 Å². The number of carbonyl (C=O) groups excluding carboxylic acids is 1.